The highest BCUT2D eigenvalue weighted by Gasteiger charge is 2.27. The molecule has 38 heavy (non-hydrogen) atoms. The number of ether oxygens (including phenoxy) is 2. The van der Waals surface area contributed by atoms with Crippen molar-refractivity contribution in [2.45, 2.75) is 65.2 Å². The van der Waals surface area contributed by atoms with Crippen molar-refractivity contribution in [1.82, 2.24) is 19.9 Å². The summed E-state index contributed by atoms with van der Waals surface area (Å²) in [4.78, 5) is 23.9. The highest BCUT2D eigenvalue weighted by molar-refractivity contribution is 5.84. The SMILES string of the molecule is [C-]#[N+]c1ccc(COc2ccc3c(CCC4CCN(C(=O)OC(C)(C)C)CC4)noc3c2CN(C)C)nc1. The molecule has 9 nitrogen and oxygen atoms in total. The summed E-state index contributed by atoms with van der Waals surface area (Å²) in [5.41, 5.74) is 3.45. The molecule has 0 unspecified atom stereocenters. The summed E-state index contributed by atoms with van der Waals surface area (Å²) in [6, 6.07) is 7.56. The molecule has 0 radical (unpaired) electrons. The van der Waals surface area contributed by atoms with Gasteiger partial charge >= 0.3 is 6.09 Å². The summed E-state index contributed by atoms with van der Waals surface area (Å²) in [5, 5.41) is 5.45. The van der Waals surface area contributed by atoms with Gasteiger partial charge in [-0.15, -0.1) is 0 Å². The van der Waals surface area contributed by atoms with Crippen molar-refractivity contribution in [2.75, 3.05) is 27.2 Å². The summed E-state index contributed by atoms with van der Waals surface area (Å²) in [6.07, 6.45) is 5.08. The second-order valence-corrected chi connectivity index (χ2v) is 11.1. The number of hydrogen-bond acceptors (Lipinski definition) is 7. The number of carbonyl (C=O) groups excluding carboxylic acids is 1. The van der Waals surface area contributed by atoms with E-state index in [0.29, 0.717) is 24.8 Å². The van der Waals surface area contributed by atoms with Gasteiger partial charge < -0.3 is 23.8 Å². The van der Waals surface area contributed by atoms with Crippen LogP contribution < -0.4 is 4.74 Å². The number of hydrogen-bond donors (Lipinski definition) is 0. The number of benzene rings is 1. The smallest absolute Gasteiger partial charge is 0.410 e. The van der Waals surface area contributed by atoms with Crippen LogP contribution in [0.2, 0.25) is 0 Å². The average Bonchev–Trinajstić information content (AvgIpc) is 3.29. The van der Waals surface area contributed by atoms with Gasteiger partial charge in [-0.3, -0.25) is 4.98 Å². The number of carbonyl (C=O) groups is 1. The number of rotatable bonds is 8. The van der Waals surface area contributed by atoms with E-state index in [4.69, 9.17) is 20.6 Å². The van der Waals surface area contributed by atoms with Crippen LogP contribution >= 0.6 is 0 Å². The number of nitrogens with zero attached hydrogens (tertiary/aromatic N) is 5. The fourth-order valence-corrected chi connectivity index (χ4v) is 4.66. The van der Waals surface area contributed by atoms with Gasteiger partial charge in [-0.25, -0.2) is 9.64 Å². The lowest BCUT2D eigenvalue weighted by Gasteiger charge is -2.33. The number of amides is 1. The Labute approximate surface area is 224 Å². The summed E-state index contributed by atoms with van der Waals surface area (Å²) in [7, 11) is 4.02. The van der Waals surface area contributed by atoms with Crippen LogP contribution in [0.4, 0.5) is 10.5 Å². The van der Waals surface area contributed by atoms with E-state index in [9.17, 15) is 4.79 Å². The van der Waals surface area contributed by atoms with Gasteiger partial charge in [0.15, 0.2) is 5.58 Å². The first kappa shape index (κ1) is 27.4. The first-order valence-electron chi connectivity index (χ1n) is 13.1. The average molecular weight is 520 g/mol. The van der Waals surface area contributed by atoms with Gasteiger partial charge in [-0.05, 0) is 84.7 Å². The lowest BCUT2D eigenvalue weighted by atomic mass is 9.91. The Morgan fingerprint density at radius 2 is 1.97 bits per heavy atom. The number of aryl methyl sites for hydroxylation is 1. The Morgan fingerprint density at radius 1 is 1.21 bits per heavy atom. The minimum absolute atomic E-state index is 0.221. The first-order chi connectivity index (χ1) is 18.1. The van der Waals surface area contributed by atoms with Gasteiger partial charge in [0.25, 0.3) is 0 Å². The molecule has 9 heteroatoms. The molecule has 1 fully saturated rings. The number of fused-ring (bicyclic) bond motifs is 1. The highest BCUT2D eigenvalue weighted by atomic mass is 16.6. The van der Waals surface area contributed by atoms with E-state index in [2.05, 4.69) is 19.9 Å². The van der Waals surface area contributed by atoms with Crippen LogP contribution in [-0.4, -0.2) is 58.8 Å². The van der Waals surface area contributed by atoms with E-state index in [1.165, 1.54) is 0 Å². The maximum atomic E-state index is 12.4. The van der Waals surface area contributed by atoms with Gasteiger partial charge in [-0.1, -0.05) is 11.2 Å². The molecule has 202 valence electrons. The molecule has 0 bridgehead atoms. The van der Waals surface area contributed by atoms with E-state index < -0.39 is 5.60 Å². The molecule has 3 heterocycles. The van der Waals surface area contributed by atoms with Crippen LogP contribution in [0.3, 0.4) is 0 Å². The maximum Gasteiger partial charge on any atom is 0.410 e. The molecule has 3 aromatic rings. The molecule has 1 saturated heterocycles. The van der Waals surface area contributed by atoms with Crippen molar-refractivity contribution in [2.24, 2.45) is 5.92 Å². The molecule has 0 spiro atoms. The Bertz CT molecular complexity index is 1280. The third-order valence-corrected chi connectivity index (χ3v) is 6.62. The minimum Gasteiger partial charge on any atom is -0.487 e. The minimum atomic E-state index is -0.472. The second kappa shape index (κ2) is 11.8. The molecule has 0 saturated carbocycles. The molecule has 1 amide bonds. The molecular formula is C29H37N5O4. The lowest BCUT2D eigenvalue weighted by Crippen LogP contribution is -2.41. The van der Waals surface area contributed by atoms with Gasteiger partial charge in [-0.2, -0.15) is 0 Å². The Balaban J connectivity index is 1.40. The van der Waals surface area contributed by atoms with E-state index >= 15 is 0 Å². The van der Waals surface area contributed by atoms with Crippen LogP contribution in [0, 0.1) is 12.5 Å². The highest BCUT2D eigenvalue weighted by Crippen LogP contribution is 2.33. The fraction of sp³-hybridized carbons (Fsp3) is 0.517. The number of piperidine rings is 1. The van der Waals surface area contributed by atoms with Crippen LogP contribution in [-0.2, 0) is 24.3 Å². The standard InChI is InChI=1S/C29H37N5O4/c1-29(2,3)37-28(35)34-15-13-20(14-16-34)7-11-25-23-10-12-26(24(18-33(5)6)27(23)38-32-25)36-19-22-9-8-21(30-4)17-31-22/h8-10,12,17,20H,7,11,13-16,18-19H2,1-3,5-6H3. The van der Waals surface area contributed by atoms with E-state index in [1.54, 1.807) is 12.3 Å². The molecule has 0 atom stereocenters. The van der Waals surface area contributed by atoms with E-state index in [-0.39, 0.29) is 6.09 Å². The second-order valence-electron chi connectivity index (χ2n) is 11.1. The van der Waals surface area contributed by atoms with Crippen LogP contribution in [0.15, 0.2) is 35.0 Å². The molecule has 0 aliphatic carbocycles. The summed E-state index contributed by atoms with van der Waals surface area (Å²) in [6.45, 7) is 15.2. The summed E-state index contributed by atoms with van der Waals surface area (Å²) in [5.74, 6) is 1.27. The topological polar surface area (TPSA) is 85.3 Å². The van der Waals surface area contributed by atoms with Crippen LogP contribution in [0.1, 0.15) is 57.0 Å². The van der Waals surface area contributed by atoms with Crippen molar-refractivity contribution in [3.05, 3.63) is 58.8 Å². The zero-order valence-electron chi connectivity index (χ0n) is 23.0. The molecular weight excluding hydrogens is 482 g/mol. The van der Waals surface area contributed by atoms with Crippen molar-refractivity contribution in [3.8, 4) is 5.75 Å². The van der Waals surface area contributed by atoms with Crippen molar-refractivity contribution >= 4 is 22.7 Å². The van der Waals surface area contributed by atoms with Crippen LogP contribution in [0.5, 0.6) is 5.75 Å². The quantitative estimate of drug-likeness (QED) is 0.338. The van der Waals surface area contributed by atoms with Crippen LogP contribution in [0.25, 0.3) is 15.8 Å². The normalized spacial score (nSPS) is 14.6. The van der Waals surface area contributed by atoms with Crippen molar-refractivity contribution in [3.63, 3.8) is 0 Å². The molecule has 2 aromatic heterocycles. The van der Waals surface area contributed by atoms with Gasteiger partial charge in [0.1, 0.15) is 18.0 Å². The van der Waals surface area contributed by atoms with E-state index in [1.807, 2.05) is 58.0 Å². The largest absolute Gasteiger partial charge is 0.487 e. The molecule has 4 rings (SSSR count). The van der Waals surface area contributed by atoms with Gasteiger partial charge in [0, 0.05) is 31.2 Å². The Hall–Kier alpha value is -3.64. The van der Waals surface area contributed by atoms with E-state index in [0.717, 1.165) is 72.4 Å². The van der Waals surface area contributed by atoms with Gasteiger partial charge in [0.05, 0.1) is 23.5 Å². The zero-order chi connectivity index (χ0) is 27.3. The van der Waals surface area contributed by atoms with Crippen molar-refractivity contribution < 1.29 is 18.8 Å². The summed E-state index contributed by atoms with van der Waals surface area (Å²) >= 11 is 0. The Kier molecular flexibility index (Phi) is 8.52. The van der Waals surface area contributed by atoms with Crippen molar-refractivity contribution in [1.29, 1.82) is 0 Å². The maximum absolute atomic E-state index is 12.4. The van der Waals surface area contributed by atoms with Gasteiger partial charge in [0.2, 0.25) is 5.69 Å². The first-order valence-corrected chi connectivity index (χ1v) is 13.1. The molecule has 1 aliphatic rings. The zero-order valence-corrected chi connectivity index (χ0v) is 23.0. The predicted molar refractivity (Wildman–Crippen MR) is 145 cm³/mol. The summed E-state index contributed by atoms with van der Waals surface area (Å²) < 4.78 is 17.5. The number of aromatic nitrogens is 2. The number of likely N-dealkylation sites (tertiary alicyclic amines) is 1. The lowest BCUT2D eigenvalue weighted by molar-refractivity contribution is 0.0181. The third kappa shape index (κ3) is 7.01. The molecule has 1 aliphatic heterocycles. The number of pyridine rings is 1. The fourth-order valence-electron chi connectivity index (χ4n) is 4.66. The monoisotopic (exact) mass is 519 g/mol. The molecule has 0 N–H and O–H groups in total. The third-order valence-electron chi connectivity index (χ3n) is 6.62. The predicted octanol–water partition coefficient (Wildman–Crippen LogP) is 5.99. The Morgan fingerprint density at radius 3 is 2.61 bits per heavy atom. The molecule has 1 aromatic carbocycles.